The van der Waals surface area contributed by atoms with Gasteiger partial charge in [-0.3, -0.25) is 0 Å². The molecule has 24 heavy (non-hydrogen) atoms. The van der Waals surface area contributed by atoms with Crippen molar-refractivity contribution in [1.29, 1.82) is 0 Å². The first-order valence-corrected chi connectivity index (χ1v) is 9.81. The van der Waals surface area contributed by atoms with Gasteiger partial charge in [0.15, 0.2) is 0 Å². The molecule has 0 atom stereocenters. The SMILES string of the molecule is CCC(O)(CC)CCN1CCC(c2snc3cc(F)ccc23)CC1. The molecule has 1 aliphatic heterocycles. The Balaban J connectivity index is 1.58. The van der Waals surface area contributed by atoms with E-state index in [-0.39, 0.29) is 5.82 Å². The zero-order valence-corrected chi connectivity index (χ0v) is 15.4. The Hall–Kier alpha value is -1.04. The molecule has 0 spiro atoms. The van der Waals surface area contributed by atoms with E-state index in [1.54, 1.807) is 0 Å². The third kappa shape index (κ3) is 3.79. The molecule has 1 saturated heterocycles. The van der Waals surface area contributed by atoms with Crippen molar-refractivity contribution in [2.24, 2.45) is 0 Å². The minimum Gasteiger partial charge on any atom is -0.390 e. The normalized spacial score (nSPS) is 17.7. The van der Waals surface area contributed by atoms with Crippen molar-refractivity contribution >= 4 is 22.4 Å². The minimum atomic E-state index is -0.505. The van der Waals surface area contributed by atoms with Crippen molar-refractivity contribution in [2.75, 3.05) is 19.6 Å². The first-order chi connectivity index (χ1) is 11.5. The minimum absolute atomic E-state index is 0.214. The van der Waals surface area contributed by atoms with Crippen LogP contribution in [0.3, 0.4) is 0 Å². The smallest absolute Gasteiger partial charge is 0.125 e. The van der Waals surface area contributed by atoms with Gasteiger partial charge in [0, 0.05) is 22.9 Å². The summed E-state index contributed by atoms with van der Waals surface area (Å²) in [5.74, 6) is 0.312. The van der Waals surface area contributed by atoms with Gasteiger partial charge < -0.3 is 10.0 Å². The van der Waals surface area contributed by atoms with Crippen LogP contribution in [0.5, 0.6) is 0 Å². The number of hydrogen-bond donors (Lipinski definition) is 1. The van der Waals surface area contributed by atoms with Gasteiger partial charge in [-0.2, -0.15) is 4.37 Å². The molecule has 1 N–H and O–H groups in total. The average molecular weight is 351 g/mol. The van der Waals surface area contributed by atoms with Gasteiger partial charge in [-0.05, 0) is 74.8 Å². The molecule has 0 aliphatic carbocycles. The van der Waals surface area contributed by atoms with Crippen LogP contribution in [0, 0.1) is 5.82 Å². The predicted molar refractivity (Wildman–Crippen MR) is 98.1 cm³/mol. The molecular formula is C19H27FN2OS. The summed E-state index contributed by atoms with van der Waals surface area (Å²) >= 11 is 1.53. The van der Waals surface area contributed by atoms with Gasteiger partial charge in [-0.15, -0.1) is 0 Å². The zero-order chi connectivity index (χ0) is 17.2. The summed E-state index contributed by atoms with van der Waals surface area (Å²) in [5, 5.41) is 11.6. The van der Waals surface area contributed by atoms with E-state index in [1.807, 2.05) is 6.07 Å². The van der Waals surface area contributed by atoms with Crippen molar-refractivity contribution < 1.29 is 9.50 Å². The highest BCUT2D eigenvalue weighted by Crippen LogP contribution is 2.36. The molecule has 0 unspecified atom stereocenters. The Kier molecular flexibility index (Phi) is 5.52. The first kappa shape index (κ1) is 17.8. The molecule has 132 valence electrons. The van der Waals surface area contributed by atoms with Crippen LogP contribution in [0.4, 0.5) is 4.39 Å². The van der Waals surface area contributed by atoms with Crippen molar-refractivity contribution in [3.8, 4) is 0 Å². The predicted octanol–water partition coefficient (Wildman–Crippen LogP) is 4.56. The number of aromatic nitrogens is 1. The van der Waals surface area contributed by atoms with Crippen LogP contribution in [0.2, 0.25) is 0 Å². The van der Waals surface area contributed by atoms with Gasteiger partial charge in [0.2, 0.25) is 0 Å². The lowest BCUT2D eigenvalue weighted by atomic mass is 9.91. The van der Waals surface area contributed by atoms with E-state index in [0.29, 0.717) is 5.92 Å². The highest BCUT2D eigenvalue weighted by atomic mass is 32.1. The second-order valence-electron chi connectivity index (χ2n) is 7.01. The zero-order valence-electron chi connectivity index (χ0n) is 14.6. The average Bonchev–Trinajstić information content (AvgIpc) is 3.03. The lowest BCUT2D eigenvalue weighted by molar-refractivity contribution is 0.0119. The molecule has 1 aromatic heterocycles. The number of piperidine rings is 1. The summed E-state index contributed by atoms with van der Waals surface area (Å²) in [6.07, 6.45) is 4.73. The number of nitrogens with zero attached hydrogens (tertiary/aromatic N) is 2. The second-order valence-corrected chi connectivity index (χ2v) is 7.81. The largest absolute Gasteiger partial charge is 0.390 e. The molecule has 0 radical (unpaired) electrons. The molecule has 1 aliphatic rings. The third-order valence-electron chi connectivity index (χ3n) is 5.64. The molecular weight excluding hydrogens is 323 g/mol. The molecule has 2 heterocycles. The number of fused-ring (bicyclic) bond motifs is 1. The summed E-state index contributed by atoms with van der Waals surface area (Å²) in [6, 6.07) is 4.94. The van der Waals surface area contributed by atoms with Crippen LogP contribution in [0.25, 0.3) is 10.9 Å². The van der Waals surface area contributed by atoms with Crippen LogP contribution in [0.15, 0.2) is 18.2 Å². The molecule has 0 bridgehead atoms. The van der Waals surface area contributed by atoms with E-state index < -0.39 is 5.60 Å². The van der Waals surface area contributed by atoms with Gasteiger partial charge in [0.25, 0.3) is 0 Å². The molecule has 3 rings (SSSR count). The molecule has 1 aromatic carbocycles. The molecule has 0 amide bonds. The first-order valence-electron chi connectivity index (χ1n) is 9.04. The van der Waals surface area contributed by atoms with Crippen molar-refractivity contribution in [3.05, 3.63) is 28.9 Å². The second kappa shape index (κ2) is 7.46. The molecule has 1 fully saturated rings. The summed E-state index contributed by atoms with van der Waals surface area (Å²) in [4.78, 5) is 3.78. The van der Waals surface area contributed by atoms with Gasteiger partial charge >= 0.3 is 0 Å². The van der Waals surface area contributed by atoms with Gasteiger partial charge in [-0.1, -0.05) is 13.8 Å². The lowest BCUT2D eigenvalue weighted by Crippen LogP contribution is -2.38. The number of benzene rings is 1. The fourth-order valence-electron chi connectivity index (χ4n) is 3.62. The molecule has 3 nitrogen and oxygen atoms in total. The molecule has 0 saturated carbocycles. The fourth-order valence-corrected chi connectivity index (χ4v) is 4.62. The van der Waals surface area contributed by atoms with E-state index in [4.69, 9.17) is 0 Å². The summed E-state index contributed by atoms with van der Waals surface area (Å²) < 4.78 is 17.7. The van der Waals surface area contributed by atoms with E-state index in [1.165, 1.54) is 28.5 Å². The number of hydrogen-bond acceptors (Lipinski definition) is 4. The van der Waals surface area contributed by atoms with Gasteiger partial charge in [0.05, 0.1) is 11.1 Å². The monoisotopic (exact) mass is 350 g/mol. The Bertz CT molecular complexity index is 675. The van der Waals surface area contributed by atoms with E-state index in [0.717, 1.165) is 62.6 Å². The Labute approximate surface area is 147 Å². The quantitative estimate of drug-likeness (QED) is 0.830. The summed E-state index contributed by atoms with van der Waals surface area (Å²) in [7, 11) is 0. The standard InChI is InChI=1S/C19H27FN2OS/c1-3-19(23,4-2)9-12-22-10-7-14(8-11-22)18-16-6-5-15(20)13-17(16)21-24-18/h5-6,13-14,23H,3-4,7-12H2,1-2H3. The van der Waals surface area contributed by atoms with Crippen molar-refractivity contribution in [3.63, 3.8) is 0 Å². The Morgan fingerprint density at radius 3 is 2.67 bits per heavy atom. The van der Waals surface area contributed by atoms with Gasteiger partial charge in [-0.25, -0.2) is 4.39 Å². The lowest BCUT2D eigenvalue weighted by Gasteiger charge is -2.34. The van der Waals surface area contributed by atoms with Crippen LogP contribution < -0.4 is 0 Å². The van der Waals surface area contributed by atoms with Crippen LogP contribution in [-0.2, 0) is 0 Å². The number of likely N-dealkylation sites (tertiary alicyclic amines) is 1. The molecule has 5 heteroatoms. The maximum Gasteiger partial charge on any atom is 0.125 e. The third-order valence-corrected chi connectivity index (χ3v) is 6.67. The Morgan fingerprint density at radius 2 is 2.00 bits per heavy atom. The van der Waals surface area contributed by atoms with E-state index in [9.17, 15) is 9.50 Å². The maximum absolute atomic E-state index is 13.3. The van der Waals surface area contributed by atoms with E-state index in [2.05, 4.69) is 23.1 Å². The summed E-state index contributed by atoms with van der Waals surface area (Å²) in [5.41, 5.74) is 0.280. The fraction of sp³-hybridized carbons (Fsp3) is 0.632. The highest BCUT2D eigenvalue weighted by molar-refractivity contribution is 7.07. The van der Waals surface area contributed by atoms with Crippen molar-refractivity contribution in [2.45, 2.75) is 57.5 Å². The number of aliphatic hydroxyl groups is 1. The highest BCUT2D eigenvalue weighted by Gasteiger charge is 2.27. The maximum atomic E-state index is 13.3. The number of halogens is 1. The molecule has 2 aromatic rings. The topological polar surface area (TPSA) is 36.4 Å². The van der Waals surface area contributed by atoms with Crippen LogP contribution in [0.1, 0.15) is 56.7 Å². The van der Waals surface area contributed by atoms with E-state index >= 15 is 0 Å². The van der Waals surface area contributed by atoms with Gasteiger partial charge in [0.1, 0.15) is 5.82 Å². The van der Waals surface area contributed by atoms with Crippen molar-refractivity contribution in [1.82, 2.24) is 9.27 Å². The van der Waals surface area contributed by atoms with Crippen LogP contribution in [-0.4, -0.2) is 39.6 Å². The summed E-state index contributed by atoms with van der Waals surface area (Å²) in [6.45, 7) is 7.23. The Morgan fingerprint density at radius 1 is 1.29 bits per heavy atom. The van der Waals surface area contributed by atoms with Crippen LogP contribution >= 0.6 is 11.5 Å². The number of rotatable bonds is 6.